The maximum Gasteiger partial charge on any atom is 0.224 e. The molecule has 0 saturated heterocycles. The molecule has 5 heteroatoms. The number of hydrogen-bond donors (Lipinski definition) is 2. The fourth-order valence-corrected chi connectivity index (χ4v) is 2.19. The lowest BCUT2D eigenvalue weighted by molar-refractivity contribution is -0.120. The van der Waals surface area contributed by atoms with Crippen molar-refractivity contribution in [3.05, 3.63) is 78.1 Å². The van der Waals surface area contributed by atoms with Crippen LogP contribution in [0.1, 0.15) is 17.1 Å². The van der Waals surface area contributed by atoms with Crippen molar-refractivity contribution in [2.75, 3.05) is 5.32 Å². The van der Waals surface area contributed by atoms with Gasteiger partial charge in [0.2, 0.25) is 5.91 Å². The van der Waals surface area contributed by atoms with Gasteiger partial charge in [-0.05, 0) is 42.0 Å². The second-order valence-electron chi connectivity index (χ2n) is 5.16. The highest BCUT2D eigenvalue weighted by atomic mass is 16.3. The van der Waals surface area contributed by atoms with Crippen molar-refractivity contribution in [2.45, 2.75) is 19.5 Å². The van der Waals surface area contributed by atoms with Crippen LogP contribution in [0.4, 0.5) is 5.69 Å². The number of amides is 1. The van der Waals surface area contributed by atoms with Gasteiger partial charge >= 0.3 is 0 Å². The van der Waals surface area contributed by atoms with E-state index in [-0.39, 0.29) is 5.91 Å². The number of furan rings is 2. The van der Waals surface area contributed by atoms with Gasteiger partial charge in [0, 0.05) is 5.69 Å². The molecule has 23 heavy (non-hydrogen) atoms. The maximum absolute atomic E-state index is 11.9. The van der Waals surface area contributed by atoms with Gasteiger partial charge in [-0.2, -0.15) is 0 Å². The molecule has 0 bridgehead atoms. The van der Waals surface area contributed by atoms with Crippen LogP contribution in [0.2, 0.25) is 0 Å². The fourth-order valence-electron chi connectivity index (χ4n) is 2.19. The first-order chi connectivity index (χ1) is 11.3. The van der Waals surface area contributed by atoms with Crippen molar-refractivity contribution in [3.63, 3.8) is 0 Å². The molecule has 0 aliphatic rings. The van der Waals surface area contributed by atoms with Crippen LogP contribution in [0.5, 0.6) is 0 Å². The second-order valence-corrected chi connectivity index (χ2v) is 5.16. The molecule has 0 aliphatic carbocycles. The summed E-state index contributed by atoms with van der Waals surface area (Å²) in [5.41, 5.74) is 1.95. The molecule has 0 fully saturated rings. The summed E-state index contributed by atoms with van der Waals surface area (Å²) in [6.07, 6.45) is 3.59. The summed E-state index contributed by atoms with van der Waals surface area (Å²) in [6, 6.07) is 15.2. The number of anilines is 1. The molecule has 3 aromatic rings. The molecule has 0 unspecified atom stereocenters. The molecule has 1 aromatic carbocycles. The van der Waals surface area contributed by atoms with Gasteiger partial charge in [-0.1, -0.05) is 12.1 Å². The van der Waals surface area contributed by atoms with Gasteiger partial charge in [0.1, 0.15) is 11.5 Å². The predicted octanol–water partition coefficient (Wildman–Crippen LogP) is 3.34. The van der Waals surface area contributed by atoms with Gasteiger partial charge in [-0.3, -0.25) is 4.79 Å². The normalized spacial score (nSPS) is 10.4. The highest BCUT2D eigenvalue weighted by Gasteiger charge is 2.05. The lowest BCUT2D eigenvalue weighted by Crippen LogP contribution is -2.24. The highest BCUT2D eigenvalue weighted by molar-refractivity contribution is 5.78. The predicted molar refractivity (Wildman–Crippen MR) is 86.7 cm³/mol. The Kier molecular flexibility index (Phi) is 4.79. The van der Waals surface area contributed by atoms with Crippen LogP contribution < -0.4 is 10.6 Å². The van der Waals surface area contributed by atoms with E-state index >= 15 is 0 Å². The van der Waals surface area contributed by atoms with Gasteiger partial charge < -0.3 is 19.5 Å². The van der Waals surface area contributed by atoms with Gasteiger partial charge in [-0.15, -0.1) is 0 Å². The molecule has 2 N–H and O–H groups in total. The largest absolute Gasteiger partial charge is 0.467 e. The first-order valence-corrected chi connectivity index (χ1v) is 7.44. The third-order valence-electron chi connectivity index (χ3n) is 3.41. The zero-order valence-corrected chi connectivity index (χ0v) is 12.6. The molecule has 3 rings (SSSR count). The minimum atomic E-state index is -0.0299. The summed E-state index contributed by atoms with van der Waals surface area (Å²) in [4.78, 5) is 11.9. The monoisotopic (exact) mass is 310 g/mol. The van der Waals surface area contributed by atoms with Crippen LogP contribution in [-0.4, -0.2) is 5.91 Å². The van der Waals surface area contributed by atoms with Crippen molar-refractivity contribution < 1.29 is 13.6 Å². The molecular formula is C18H18N2O3. The Morgan fingerprint density at radius 1 is 0.870 bits per heavy atom. The van der Waals surface area contributed by atoms with Crippen LogP contribution in [-0.2, 0) is 24.3 Å². The molecule has 0 saturated carbocycles. The van der Waals surface area contributed by atoms with E-state index in [9.17, 15) is 4.79 Å². The summed E-state index contributed by atoms with van der Waals surface area (Å²) in [5.74, 6) is 1.60. The lowest BCUT2D eigenvalue weighted by Gasteiger charge is -2.07. The topological polar surface area (TPSA) is 67.4 Å². The molecule has 0 radical (unpaired) electrons. The van der Waals surface area contributed by atoms with Crippen LogP contribution in [0.15, 0.2) is 69.9 Å². The van der Waals surface area contributed by atoms with Gasteiger partial charge in [0.05, 0.1) is 32.0 Å². The molecule has 5 nitrogen and oxygen atoms in total. The zero-order chi connectivity index (χ0) is 15.9. The van der Waals surface area contributed by atoms with Crippen molar-refractivity contribution in [1.29, 1.82) is 0 Å². The van der Waals surface area contributed by atoms with Crippen molar-refractivity contribution in [2.24, 2.45) is 0 Å². The Labute approximate surface area is 134 Å². The standard InChI is InChI=1S/C18H18N2O3/c21-18(20-13-17-4-2-10-23-17)11-14-5-7-15(8-6-14)19-12-16-3-1-9-22-16/h1-10,19H,11-13H2,(H,20,21). The number of benzene rings is 1. The summed E-state index contributed by atoms with van der Waals surface area (Å²) in [5, 5.41) is 6.10. The molecule has 0 atom stereocenters. The Hall–Kier alpha value is -2.95. The first-order valence-electron chi connectivity index (χ1n) is 7.44. The molecule has 1 amide bonds. The third kappa shape index (κ3) is 4.51. The quantitative estimate of drug-likeness (QED) is 0.702. The molecular weight excluding hydrogens is 292 g/mol. The summed E-state index contributed by atoms with van der Waals surface area (Å²) in [6.45, 7) is 1.05. The maximum atomic E-state index is 11.9. The van der Waals surface area contributed by atoms with E-state index in [2.05, 4.69) is 10.6 Å². The van der Waals surface area contributed by atoms with Crippen LogP contribution in [0, 0.1) is 0 Å². The SMILES string of the molecule is O=C(Cc1ccc(NCc2ccco2)cc1)NCc1ccco1. The van der Waals surface area contributed by atoms with Gasteiger partial charge in [-0.25, -0.2) is 0 Å². The van der Waals surface area contributed by atoms with E-state index in [0.29, 0.717) is 19.5 Å². The van der Waals surface area contributed by atoms with E-state index in [1.165, 1.54) is 0 Å². The van der Waals surface area contributed by atoms with Crippen LogP contribution >= 0.6 is 0 Å². The minimum Gasteiger partial charge on any atom is -0.467 e. The summed E-state index contributed by atoms with van der Waals surface area (Å²) in [7, 11) is 0. The molecule has 0 aliphatic heterocycles. The van der Waals surface area contributed by atoms with E-state index in [0.717, 1.165) is 22.8 Å². The Morgan fingerprint density at radius 3 is 2.13 bits per heavy atom. The van der Waals surface area contributed by atoms with E-state index in [4.69, 9.17) is 8.83 Å². The summed E-state index contributed by atoms with van der Waals surface area (Å²) < 4.78 is 10.4. The lowest BCUT2D eigenvalue weighted by atomic mass is 10.1. The van der Waals surface area contributed by atoms with Gasteiger partial charge in [0.25, 0.3) is 0 Å². The highest BCUT2D eigenvalue weighted by Crippen LogP contribution is 2.12. The van der Waals surface area contributed by atoms with Crippen molar-refractivity contribution in [1.82, 2.24) is 5.32 Å². The summed E-state index contributed by atoms with van der Waals surface area (Å²) >= 11 is 0. The molecule has 2 aromatic heterocycles. The number of nitrogens with one attached hydrogen (secondary N) is 2. The van der Waals surface area contributed by atoms with Crippen LogP contribution in [0.3, 0.4) is 0 Å². The van der Waals surface area contributed by atoms with Gasteiger partial charge in [0.15, 0.2) is 0 Å². The first kappa shape index (κ1) is 15.0. The third-order valence-corrected chi connectivity index (χ3v) is 3.41. The number of carbonyl (C=O) groups is 1. The average Bonchev–Trinajstić information content (AvgIpc) is 3.26. The Bertz CT molecular complexity index is 716. The smallest absolute Gasteiger partial charge is 0.224 e. The second kappa shape index (κ2) is 7.35. The van der Waals surface area contributed by atoms with Crippen molar-refractivity contribution >= 4 is 11.6 Å². The fraction of sp³-hybridized carbons (Fsp3) is 0.167. The van der Waals surface area contributed by atoms with Crippen LogP contribution in [0.25, 0.3) is 0 Å². The Morgan fingerprint density at radius 2 is 1.52 bits per heavy atom. The number of rotatable bonds is 7. The molecule has 0 spiro atoms. The minimum absolute atomic E-state index is 0.0299. The Balaban J connectivity index is 1.46. The molecule has 118 valence electrons. The number of carbonyl (C=O) groups excluding carboxylic acids is 1. The number of hydrogen-bond acceptors (Lipinski definition) is 4. The van der Waals surface area contributed by atoms with E-state index in [1.807, 2.05) is 42.5 Å². The van der Waals surface area contributed by atoms with Crippen molar-refractivity contribution in [3.8, 4) is 0 Å². The molecule has 2 heterocycles. The average molecular weight is 310 g/mol. The van der Waals surface area contributed by atoms with E-state index in [1.54, 1.807) is 18.6 Å². The zero-order valence-electron chi connectivity index (χ0n) is 12.6. The van der Waals surface area contributed by atoms with E-state index < -0.39 is 0 Å².